The number of carbonyl (C=O) groups excluding carboxylic acids is 3. The van der Waals surface area contributed by atoms with Crippen molar-refractivity contribution in [2.24, 2.45) is 5.73 Å². The van der Waals surface area contributed by atoms with Crippen LogP contribution < -0.4 is 25.8 Å². The molecule has 214 valence electrons. The van der Waals surface area contributed by atoms with Gasteiger partial charge in [-0.15, -0.1) is 0 Å². The predicted octanol–water partition coefficient (Wildman–Crippen LogP) is 5.34. The Morgan fingerprint density at radius 3 is 1.79 bits per heavy atom. The first-order chi connectivity index (χ1) is 20.5. The zero-order valence-corrected chi connectivity index (χ0v) is 22.9. The molecule has 9 heteroatoms. The van der Waals surface area contributed by atoms with Gasteiger partial charge in [-0.2, -0.15) is 0 Å². The summed E-state index contributed by atoms with van der Waals surface area (Å²) in [6.07, 6.45) is 1.48. The fourth-order valence-corrected chi connectivity index (χ4v) is 3.84. The quantitative estimate of drug-likeness (QED) is 0.147. The summed E-state index contributed by atoms with van der Waals surface area (Å²) in [6.45, 7) is 3.84. The number of rotatable bonds is 13. The molecule has 9 nitrogen and oxygen atoms in total. The minimum Gasteiger partial charge on any atom is -0.487 e. The third-order valence-electron chi connectivity index (χ3n) is 5.98. The van der Waals surface area contributed by atoms with E-state index in [-0.39, 0.29) is 43.2 Å². The molecule has 0 radical (unpaired) electrons. The van der Waals surface area contributed by atoms with Crippen LogP contribution in [0.5, 0.6) is 11.5 Å². The maximum Gasteiger partial charge on any atom is 0.338 e. The first-order valence-electron chi connectivity index (χ1n) is 13.2. The first kappa shape index (κ1) is 29.6. The van der Waals surface area contributed by atoms with Gasteiger partial charge in [-0.25, -0.2) is 4.79 Å². The molecule has 2 amide bonds. The van der Waals surface area contributed by atoms with E-state index >= 15 is 0 Å². The largest absolute Gasteiger partial charge is 0.487 e. The number of hydrogen-bond donors (Lipinski definition) is 3. The Morgan fingerprint density at radius 1 is 0.714 bits per heavy atom. The molecule has 0 heterocycles. The summed E-state index contributed by atoms with van der Waals surface area (Å²) in [5.41, 5.74) is 8.55. The van der Waals surface area contributed by atoms with Crippen LogP contribution in [0.4, 0.5) is 11.4 Å². The number of carbonyl (C=O) groups is 3. The number of esters is 1. The third kappa shape index (κ3) is 8.30. The Balaban J connectivity index is 1.58. The highest BCUT2D eigenvalue weighted by molar-refractivity contribution is 6.06. The molecular formula is C33H31N3O6. The SMILES string of the molecule is C=CCOC(=O)c1ccc(NC(=O)c2ccc(NC(=O)CN)c(OCc3ccccc3)c2)c(OCc2ccccc2)c1. The summed E-state index contributed by atoms with van der Waals surface area (Å²) in [6, 6.07) is 28.3. The van der Waals surface area contributed by atoms with Crippen molar-refractivity contribution in [3.63, 3.8) is 0 Å². The number of ether oxygens (including phenoxy) is 3. The molecule has 0 aliphatic carbocycles. The van der Waals surface area contributed by atoms with Crippen LogP contribution in [0.1, 0.15) is 31.8 Å². The van der Waals surface area contributed by atoms with Crippen molar-refractivity contribution in [2.75, 3.05) is 23.8 Å². The molecule has 0 bridgehead atoms. The van der Waals surface area contributed by atoms with Gasteiger partial charge >= 0.3 is 5.97 Å². The van der Waals surface area contributed by atoms with E-state index in [1.807, 2.05) is 60.7 Å². The van der Waals surface area contributed by atoms with Crippen LogP contribution in [-0.2, 0) is 22.7 Å². The van der Waals surface area contributed by atoms with Gasteiger partial charge in [0.25, 0.3) is 5.91 Å². The van der Waals surface area contributed by atoms with Crippen LogP contribution in [0.25, 0.3) is 0 Å². The lowest BCUT2D eigenvalue weighted by Gasteiger charge is -2.16. The van der Waals surface area contributed by atoms with Crippen molar-refractivity contribution < 1.29 is 28.6 Å². The fourth-order valence-electron chi connectivity index (χ4n) is 3.84. The second kappa shape index (κ2) is 14.8. The second-order valence-electron chi connectivity index (χ2n) is 9.06. The normalized spacial score (nSPS) is 10.3. The van der Waals surface area contributed by atoms with E-state index < -0.39 is 17.8 Å². The molecule has 4 aromatic carbocycles. The van der Waals surface area contributed by atoms with E-state index in [1.54, 1.807) is 18.2 Å². The average Bonchev–Trinajstić information content (AvgIpc) is 3.03. The zero-order valence-electron chi connectivity index (χ0n) is 22.9. The number of amides is 2. The van der Waals surface area contributed by atoms with Crippen LogP contribution in [-0.4, -0.2) is 30.9 Å². The van der Waals surface area contributed by atoms with Gasteiger partial charge in [0.2, 0.25) is 5.91 Å². The van der Waals surface area contributed by atoms with Gasteiger partial charge in [-0.05, 0) is 47.5 Å². The monoisotopic (exact) mass is 565 g/mol. The molecule has 0 fully saturated rings. The van der Waals surface area contributed by atoms with Gasteiger partial charge in [0, 0.05) is 5.56 Å². The van der Waals surface area contributed by atoms with Gasteiger partial charge in [-0.1, -0.05) is 73.3 Å². The van der Waals surface area contributed by atoms with E-state index in [9.17, 15) is 14.4 Å². The Kier molecular flexibility index (Phi) is 10.4. The number of benzene rings is 4. The summed E-state index contributed by atoms with van der Waals surface area (Å²) < 4.78 is 17.1. The van der Waals surface area contributed by atoms with E-state index in [0.717, 1.165) is 11.1 Å². The molecule has 4 rings (SSSR count). The summed E-state index contributed by atoms with van der Waals surface area (Å²) in [7, 11) is 0. The number of nitrogens with one attached hydrogen (secondary N) is 2. The van der Waals surface area contributed by atoms with Gasteiger partial charge < -0.3 is 30.6 Å². The Labute approximate surface area is 243 Å². The minimum absolute atomic E-state index is 0.0634. The summed E-state index contributed by atoms with van der Waals surface area (Å²) in [5.74, 6) is -0.819. The van der Waals surface area contributed by atoms with E-state index in [4.69, 9.17) is 19.9 Å². The number of hydrogen-bond acceptors (Lipinski definition) is 7. The molecule has 0 saturated carbocycles. The fraction of sp³-hybridized carbons (Fsp3) is 0.121. The zero-order chi connectivity index (χ0) is 29.7. The molecule has 0 aliphatic rings. The molecule has 4 aromatic rings. The lowest BCUT2D eigenvalue weighted by Crippen LogP contribution is -2.22. The lowest BCUT2D eigenvalue weighted by molar-refractivity contribution is -0.114. The van der Waals surface area contributed by atoms with Gasteiger partial charge in [0.15, 0.2) is 0 Å². The number of anilines is 2. The van der Waals surface area contributed by atoms with Gasteiger partial charge in [-0.3, -0.25) is 9.59 Å². The van der Waals surface area contributed by atoms with Crippen LogP contribution in [0.2, 0.25) is 0 Å². The molecule has 0 aromatic heterocycles. The Bertz CT molecular complexity index is 1540. The topological polar surface area (TPSA) is 129 Å². The molecule has 0 aliphatic heterocycles. The maximum atomic E-state index is 13.4. The lowest BCUT2D eigenvalue weighted by atomic mass is 10.1. The average molecular weight is 566 g/mol. The molecule has 0 saturated heterocycles. The molecule has 0 spiro atoms. The van der Waals surface area contributed by atoms with E-state index in [0.29, 0.717) is 17.1 Å². The van der Waals surface area contributed by atoms with Gasteiger partial charge in [0.05, 0.1) is 23.5 Å². The smallest absolute Gasteiger partial charge is 0.338 e. The van der Waals surface area contributed by atoms with Crippen molar-refractivity contribution in [1.82, 2.24) is 0 Å². The van der Waals surface area contributed by atoms with Crippen LogP contribution in [0, 0.1) is 0 Å². The van der Waals surface area contributed by atoms with Crippen molar-refractivity contribution in [3.8, 4) is 11.5 Å². The molecule has 4 N–H and O–H groups in total. The van der Waals surface area contributed by atoms with Gasteiger partial charge in [0.1, 0.15) is 31.3 Å². The summed E-state index contributed by atoms with van der Waals surface area (Å²) >= 11 is 0. The van der Waals surface area contributed by atoms with Crippen LogP contribution >= 0.6 is 0 Å². The standard InChI is InChI=1S/C33H31N3O6/c1-2-17-40-33(39)26-14-16-28(30(19-26)42-22-24-11-7-4-8-12-24)36-32(38)25-13-15-27(35-31(37)20-34)29(18-25)41-21-23-9-5-3-6-10-23/h2-16,18-19H,1,17,20-22,34H2,(H,35,37)(H,36,38). The minimum atomic E-state index is -0.548. The highest BCUT2D eigenvalue weighted by Crippen LogP contribution is 2.30. The number of nitrogens with two attached hydrogens (primary N) is 1. The van der Waals surface area contributed by atoms with Crippen molar-refractivity contribution in [3.05, 3.63) is 132 Å². The highest BCUT2D eigenvalue weighted by atomic mass is 16.5. The molecule has 0 unspecified atom stereocenters. The Hall–Kier alpha value is -5.41. The maximum absolute atomic E-state index is 13.4. The molecule has 0 atom stereocenters. The Morgan fingerprint density at radius 2 is 1.24 bits per heavy atom. The van der Waals surface area contributed by atoms with Crippen molar-refractivity contribution >= 4 is 29.2 Å². The van der Waals surface area contributed by atoms with E-state index in [1.165, 1.54) is 24.3 Å². The third-order valence-corrected chi connectivity index (χ3v) is 5.98. The molecule has 42 heavy (non-hydrogen) atoms. The second-order valence-corrected chi connectivity index (χ2v) is 9.06. The molecular weight excluding hydrogens is 534 g/mol. The van der Waals surface area contributed by atoms with Crippen molar-refractivity contribution in [2.45, 2.75) is 13.2 Å². The summed E-state index contributed by atoms with van der Waals surface area (Å²) in [5, 5.41) is 5.54. The van der Waals surface area contributed by atoms with Crippen LogP contribution in [0.15, 0.2) is 110 Å². The summed E-state index contributed by atoms with van der Waals surface area (Å²) in [4.78, 5) is 37.8. The first-order valence-corrected chi connectivity index (χ1v) is 13.2. The van der Waals surface area contributed by atoms with Crippen LogP contribution in [0.3, 0.4) is 0 Å². The highest BCUT2D eigenvalue weighted by Gasteiger charge is 2.17. The predicted molar refractivity (Wildman–Crippen MR) is 161 cm³/mol. The van der Waals surface area contributed by atoms with Crippen molar-refractivity contribution in [1.29, 1.82) is 0 Å². The van der Waals surface area contributed by atoms with E-state index in [2.05, 4.69) is 17.2 Å².